The Bertz CT molecular complexity index is 1010. The first-order valence-electron chi connectivity index (χ1n) is 10.3. The Morgan fingerprint density at radius 1 is 0.931 bits per heavy atom. The molecule has 0 fully saturated rings. The van der Waals surface area contributed by atoms with Gasteiger partial charge < -0.3 is 9.34 Å². The first-order valence-corrected chi connectivity index (χ1v) is 12.4. The highest BCUT2D eigenvalue weighted by molar-refractivity contribution is 6.82. The predicted octanol–water partition coefficient (Wildman–Crippen LogP) is 7.17. The van der Waals surface area contributed by atoms with Gasteiger partial charge in [-0.1, -0.05) is 53.7 Å². The maximum absolute atomic E-state index is 14.3. The lowest BCUT2D eigenvalue weighted by atomic mass is 10.0. The molecule has 1 N–H and O–H groups in total. The van der Waals surface area contributed by atoms with Crippen molar-refractivity contribution in [3.05, 3.63) is 60.0 Å². The van der Waals surface area contributed by atoms with E-state index in [1.165, 1.54) is 6.07 Å². The zero-order valence-electron chi connectivity index (χ0n) is 18.0. The van der Waals surface area contributed by atoms with E-state index in [0.717, 1.165) is 22.0 Å². The van der Waals surface area contributed by atoms with Crippen LogP contribution in [-0.2, 0) is 0 Å². The number of aromatic carboxylic acids is 1. The summed E-state index contributed by atoms with van der Waals surface area (Å²) < 4.78 is 16.7. The molecule has 0 atom stereocenters. The van der Waals surface area contributed by atoms with Crippen molar-refractivity contribution < 1.29 is 14.3 Å². The number of fused-ring (bicyclic) bond motifs is 1. The summed E-state index contributed by atoms with van der Waals surface area (Å²) >= 11 is 0. The largest absolute Gasteiger partial charge is 0.478 e. The quantitative estimate of drug-likeness (QED) is 0.437. The van der Waals surface area contributed by atoms with Crippen LogP contribution in [0.3, 0.4) is 0 Å². The number of halogens is 1. The van der Waals surface area contributed by atoms with Gasteiger partial charge in [0.15, 0.2) is 8.24 Å². The average Bonchev–Trinajstić information content (AvgIpc) is 3.00. The smallest absolute Gasteiger partial charge is 0.335 e. The van der Waals surface area contributed by atoms with Crippen molar-refractivity contribution in [3.8, 4) is 11.1 Å². The van der Waals surface area contributed by atoms with E-state index >= 15 is 0 Å². The third kappa shape index (κ3) is 3.42. The molecule has 0 aliphatic rings. The molecule has 0 radical (unpaired) electrons. The van der Waals surface area contributed by atoms with E-state index in [4.69, 9.17) is 0 Å². The van der Waals surface area contributed by atoms with Gasteiger partial charge in [0.05, 0.1) is 5.56 Å². The Hall–Kier alpha value is -2.40. The monoisotopic (exact) mass is 411 g/mol. The molecule has 3 nitrogen and oxygen atoms in total. The van der Waals surface area contributed by atoms with Gasteiger partial charge in [-0.3, -0.25) is 0 Å². The van der Waals surface area contributed by atoms with E-state index in [1.807, 2.05) is 18.2 Å². The Morgan fingerprint density at radius 3 is 1.97 bits per heavy atom. The van der Waals surface area contributed by atoms with Crippen molar-refractivity contribution in [2.75, 3.05) is 0 Å². The summed E-state index contributed by atoms with van der Waals surface area (Å²) in [6.45, 7) is 13.7. The third-order valence-corrected chi connectivity index (χ3v) is 13.2. The molecule has 29 heavy (non-hydrogen) atoms. The molecule has 0 unspecified atom stereocenters. The van der Waals surface area contributed by atoms with Crippen LogP contribution < -0.4 is 0 Å². The minimum absolute atomic E-state index is 0.233. The first-order chi connectivity index (χ1) is 13.6. The van der Waals surface area contributed by atoms with Crippen LogP contribution in [0.1, 0.15) is 51.9 Å². The molecule has 3 aromatic rings. The number of hydrogen-bond donors (Lipinski definition) is 1. The maximum atomic E-state index is 14.3. The standard InChI is InChI=1S/C24H30FNO2Si/c1-15(2)29(16(3)4,17(5)6)26-14-22(21-12-11-20(25)13-23(21)26)18-7-9-19(10-8-18)24(27)28/h7-17H,1-6H3,(H,27,28). The third-order valence-electron chi connectivity index (χ3n) is 6.40. The van der Waals surface area contributed by atoms with Crippen LogP contribution in [0.5, 0.6) is 0 Å². The van der Waals surface area contributed by atoms with Crippen LogP contribution in [0.25, 0.3) is 22.0 Å². The second-order valence-electron chi connectivity index (χ2n) is 8.81. The highest BCUT2D eigenvalue weighted by Crippen LogP contribution is 2.46. The molecule has 0 bridgehead atoms. The molecule has 1 heterocycles. The van der Waals surface area contributed by atoms with Crippen LogP contribution in [0.4, 0.5) is 4.39 Å². The summed E-state index contributed by atoms with van der Waals surface area (Å²) in [5.74, 6) is -1.17. The number of aromatic nitrogens is 1. The highest BCUT2D eigenvalue weighted by Gasteiger charge is 2.46. The fraction of sp³-hybridized carbons (Fsp3) is 0.375. The first kappa shape index (κ1) is 21.3. The van der Waals surface area contributed by atoms with E-state index in [0.29, 0.717) is 16.6 Å². The molecule has 0 saturated carbocycles. The van der Waals surface area contributed by atoms with E-state index in [-0.39, 0.29) is 11.4 Å². The molecule has 0 saturated heterocycles. The molecule has 0 aliphatic heterocycles. The summed E-state index contributed by atoms with van der Waals surface area (Å²) in [4.78, 5) is 11.2. The molecule has 1 aromatic heterocycles. The van der Waals surface area contributed by atoms with E-state index < -0.39 is 14.2 Å². The minimum Gasteiger partial charge on any atom is -0.478 e. The van der Waals surface area contributed by atoms with Crippen molar-refractivity contribution in [3.63, 3.8) is 0 Å². The number of nitrogens with zero attached hydrogens (tertiary/aromatic N) is 1. The Kier molecular flexibility index (Phi) is 5.72. The van der Waals surface area contributed by atoms with Crippen LogP contribution in [0.2, 0.25) is 16.6 Å². The average molecular weight is 412 g/mol. The molecule has 0 spiro atoms. The molecule has 0 amide bonds. The number of carboxylic acid groups (broad SMARTS) is 1. The number of carbonyl (C=O) groups is 1. The lowest BCUT2D eigenvalue weighted by Crippen LogP contribution is -2.51. The van der Waals surface area contributed by atoms with Crippen molar-refractivity contribution in [1.82, 2.24) is 4.23 Å². The summed E-state index contributed by atoms with van der Waals surface area (Å²) in [5, 5.41) is 10.2. The summed E-state index contributed by atoms with van der Waals surface area (Å²) in [6, 6.07) is 11.9. The van der Waals surface area contributed by atoms with Crippen molar-refractivity contribution in [2.24, 2.45) is 0 Å². The normalized spacial score (nSPS) is 12.5. The molecule has 3 rings (SSSR count). The van der Waals surface area contributed by atoms with Gasteiger partial charge in [0, 0.05) is 22.7 Å². The summed E-state index contributed by atoms with van der Waals surface area (Å²) in [6.07, 6.45) is 2.19. The zero-order chi connectivity index (χ0) is 21.5. The maximum Gasteiger partial charge on any atom is 0.335 e. The van der Waals surface area contributed by atoms with Crippen molar-refractivity contribution in [2.45, 2.75) is 58.2 Å². The topological polar surface area (TPSA) is 42.2 Å². The Labute approximate surface area is 173 Å². The lowest BCUT2D eigenvalue weighted by molar-refractivity contribution is 0.0697. The Balaban J connectivity index is 2.34. The molecular weight excluding hydrogens is 381 g/mol. The summed E-state index contributed by atoms with van der Waals surface area (Å²) in [7, 11) is -2.08. The number of hydrogen-bond acceptors (Lipinski definition) is 1. The van der Waals surface area contributed by atoms with Gasteiger partial charge in [-0.15, -0.1) is 0 Å². The molecule has 5 heteroatoms. The van der Waals surface area contributed by atoms with Gasteiger partial charge in [-0.05, 0) is 52.5 Å². The van der Waals surface area contributed by atoms with Gasteiger partial charge in [0.1, 0.15) is 5.82 Å². The molecule has 2 aromatic carbocycles. The van der Waals surface area contributed by atoms with Crippen LogP contribution in [-0.4, -0.2) is 23.5 Å². The van der Waals surface area contributed by atoms with Gasteiger partial charge in [-0.25, -0.2) is 9.18 Å². The minimum atomic E-state index is -2.08. The molecular formula is C24H30FNO2Si. The SMILES string of the molecule is CC(C)[Si](C(C)C)(C(C)C)n1cc(-c2ccc(C(=O)O)cc2)c2ccc(F)cc21. The van der Waals surface area contributed by atoms with Crippen LogP contribution >= 0.6 is 0 Å². The van der Waals surface area contributed by atoms with Crippen molar-refractivity contribution >= 4 is 25.1 Å². The number of benzene rings is 2. The van der Waals surface area contributed by atoms with E-state index in [1.54, 1.807) is 18.2 Å². The fourth-order valence-electron chi connectivity index (χ4n) is 5.38. The zero-order valence-corrected chi connectivity index (χ0v) is 19.0. The Morgan fingerprint density at radius 2 is 1.48 bits per heavy atom. The number of carboxylic acids is 1. The van der Waals surface area contributed by atoms with Crippen LogP contribution in [0.15, 0.2) is 48.7 Å². The lowest BCUT2D eigenvalue weighted by Gasteiger charge is -2.44. The van der Waals surface area contributed by atoms with Gasteiger partial charge >= 0.3 is 5.97 Å². The fourth-order valence-corrected chi connectivity index (χ4v) is 12.0. The van der Waals surface area contributed by atoms with Crippen molar-refractivity contribution in [1.29, 1.82) is 0 Å². The van der Waals surface area contributed by atoms with Gasteiger partial charge in [0.2, 0.25) is 0 Å². The van der Waals surface area contributed by atoms with Crippen LogP contribution in [0, 0.1) is 5.82 Å². The molecule has 154 valence electrons. The summed E-state index contributed by atoms with van der Waals surface area (Å²) in [5.41, 5.74) is 4.60. The van der Waals surface area contributed by atoms with E-state index in [9.17, 15) is 14.3 Å². The second kappa shape index (κ2) is 7.79. The molecule has 0 aliphatic carbocycles. The predicted molar refractivity (Wildman–Crippen MR) is 121 cm³/mol. The van der Waals surface area contributed by atoms with Gasteiger partial charge in [0.25, 0.3) is 0 Å². The second-order valence-corrected chi connectivity index (χ2v) is 14.5. The van der Waals surface area contributed by atoms with Gasteiger partial charge in [-0.2, -0.15) is 0 Å². The van der Waals surface area contributed by atoms with E-state index in [2.05, 4.69) is 52.0 Å². The highest BCUT2D eigenvalue weighted by atomic mass is 28.3. The number of rotatable bonds is 6.